The van der Waals surface area contributed by atoms with Gasteiger partial charge in [-0.3, -0.25) is 0 Å². The van der Waals surface area contributed by atoms with Gasteiger partial charge in [0, 0.05) is 28.5 Å². The molecule has 0 N–H and O–H groups in total. The summed E-state index contributed by atoms with van der Waals surface area (Å²) in [7, 11) is 2.05. The molecule has 2 aromatic heterocycles. The maximum atomic E-state index is 14.9. The van der Waals surface area contributed by atoms with E-state index in [1.54, 1.807) is 6.07 Å². The normalized spacial score (nSPS) is 15.5. The van der Waals surface area contributed by atoms with Crippen LogP contribution in [0, 0.1) is 12.7 Å². The van der Waals surface area contributed by atoms with Gasteiger partial charge in [0.25, 0.3) is 0 Å². The first-order valence-corrected chi connectivity index (χ1v) is 10.2. The quantitative estimate of drug-likeness (QED) is 0.363. The number of halogens is 1. The number of fused-ring (bicyclic) bond motifs is 3. The molecular weight excluding hydrogens is 349 g/mol. The molecule has 1 aliphatic rings. The van der Waals surface area contributed by atoms with Gasteiger partial charge in [-0.05, 0) is 49.4 Å². The van der Waals surface area contributed by atoms with Gasteiger partial charge in [-0.2, -0.15) is 0 Å². The lowest BCUT2D eigenvalue weighted by Gasteiger charge is -2.22. The van der Waals surface area contributed by atoms with Crippen LogP contribution >= 0.6 is 0 Å². The number of nitrogens with zero attached hydrogens (tertiary/aromatic N) is 1. The highest BCUT2D eigenvalue weighted by Gasteiger charge is 2.26. The maximum Gasteiger partial charge on any atom is 0.216 e. The highest BCUT2D eigenvalue weighted by Crippen LogP contribution is 2.43. The minimum atomic E-state index is -0.123. The third-order valence-corrected chi connectivity index (χ3v) is 6.33. The van der Waals surface area contributed by atoms with Crippen molar-refractivity contribution in [2.45, 2.75) is 44.9 Å². The van der Waals surface area contributed by atoms with Gasteiger partial charge < -0.3 is 4.42 Å². The molecule has 0 unspecified atom stereocenters. The van der Waals surface area contributed by atoms with E-state index >= 15 is 0 Å². The molecule has 0 aliphatic heterocycles. The molecule has 0 saturated heterocycles. The predicted octanol–water partition coefficient (Wildman–Crippen LogP) is 6.57. The zero-order valence-electron chi connectivity index (χ0n) is 16.5. The van der Waals surface area contributed by atoms with Gasteiger partial charge in [-0.25, -0.2) is 8.96 Å². The summed E-state index contributed by atoms with van der Waals surface area (Å²) in [5, 5.41) is 2.09. The van der Waals surface area contributed by atoms with Crippen LogP contribution in [0.5, 0.6) is 0 Å². The maximum absolute atomic E-state index is 14.9. The fourth-order valence-corrected chi connectivity index (χ4v) is 4.87. The molecule has 2 nitrogen and oxygen atoms in total. The Labute approximate surface area is 164 Å². The van der Waals surface area contributed by atoms with Crippen LogP contribution in [0.25, 0.3) is 33.2 Å². The summed E-state index contributed by atoms with van der Waals surface area (Å²) < 4.78 is 23.5. The van der Waals surface area contributed by atoms with Gasteiger partial charge in [0.1, 0.15) is 24.0 Å². The number of aromatic nitrogens is 1. The van der Waals surface area contributed by atoms with Gasteiger partial charge in [0.05, 0.1) is 5.56 Å². The second-order valence-corrected chi connectivity index (χ2v) is 8.11. The minimum absolute atomic E-state index is 0.123. The van der Waals surface area contributed by atoms with E-state index in [4.69, 9.17) is 4.42 Å². The highest BCUT2D eigenvalue weighted by atomic mass is 19.1. The molecule has 1 aliphatic carbocycles. The smallest absolute Gasteiger partial charge is 0.216 e. The second-order valence-electron chi connectivity index (χ2n) is 8.11. The molecule has 2 aromatic carbocycles. The zero-order chi connectivity index (χ0) is 19.3. The van der Waals surface area contributed by atoms with E-state index in [0.717, 1.165) is 57.2 Å². The van der Waals surface area contributed by atoms with Crippen molar-refractivity contribution in [2.75, 3.05) is 0 Å². The van der Waals surface area contributed by atoms with E-state index in [1.807, 2.05) is 31.4 Å². The van der Waals surface area contributed by atoms with Crippen LogP contribution in [0.4, 0.5) is 4.39 Å². The van der Waals surface area contributed by atoms with E-state index < -0.39 is 0 Å². The van der Waals surface area contributed by atoms with E-state index in [0.29, 0.717) is 0 Å². The van der Waals surface area contributed by atoms with Crippen molar-refractivity contribution >= 4 is 21.9 Å². The van der Waals surface area contributed by atoms with Crippen LogP contribution in [-0.4, -0.2) is 0 Å². The Morgan fingerprint density at radius 2 is 1.68 bits per heavy atom. The van der Waals surface area contributed by atoms with Crippen molar-refractivity contribution < 1.29 is 13.4 Å². The molecule has 0 spiro atoms. The van der Waals surface area contributed by atoms with Crippen LogP contribution in [-0.2, 0) is 7.05 Å². The lowest BCUT2D eigenvalue weighted by Crippen LogP contribution is -2.30. The SMILES string of the molecule is Cc1ccc2c(oc3c(C4CCCCC4)c(F)ccc32)c1-c1cccc[n+]1C. The van der Waals surface area contributed by atoms with E-state index in [-0.39, 0.29) is 11.7 Å². The Hall–Kier alpha value is -2.68. The minimum Gasteiger partial charge on any atom is -0.455 e. The summed E-state index contributed by atoms with van der Waals surface area (Å²) in [4.78, 5) is 0. The molecule has 3 heteroatoms. The predicted molar refractivity (Wildman–Crippen MR) is 111 cm³/mol. The summed E-state index contributed by atoms with van der Waals surface area (Å²) in [5.41, 5.74) is 5.74. The van der Waals surface area contributed by atoms with Crippen molar-refractivity contribution in [2.24, 2.45) is 7.05 Å². The molecule has 142 valence electrons. The zero-order valence-corrected chi connectivity index (χ0v) is 16.5. The van der Waals surface area contributed by atoms with Crippen molar-refractivity contribution in [3.8, 4) is 11.3 Å². The van der Waals surface area contributed by atoms with E-state index in [2.05, 4.69) is 29.7 Å². The molecule has 0 amide bonds. The van der Waals surface area contributed by atoms with Gasteiger partial charge >= 0.3 is 0 Å². The standard InChI is InChI=1S/C25H25FNO/c1-16-11-12-18-19-13-14-20(26)23(17-8-4-3-5-9-17)25(19)28-24(18)22(16)21-10-6-7-15-27(21)2/h6-7,10-15,17H,3-5,8-9H2,1-2H3/q+1. The Morgan fingerprint density at radius 3 is 2.46 bits per heavy atom. The van der Waals surface area contributed by atoms with Crippen LogP contribution in [0.1, 0.15) is 49.1 Å². The molecule has 0 bridgehead atoms. The average molecular weight is 374 g/mol. The van der Waals surface area contributed by atoms with Gasteiger partial charge in [0.2, 0.25) is 5.69 Å². The molecule has 0 radical (unpaired) electrons. The van der Waals surface area contributed by atoms with Crippen molar-refractivity contribution in [1.29, 1.82) is 0 Å². The summed E-state index contributed by atoms with van der Waals surface area (Å²) in [6, 6.07) is 13.9. The van der Waals surface area contributed by atoms with Crippen LogP contribution in [0.2, 0.25) is 0 Å². The fourth-order valence-electron chi connectivity index (χ4n) is 4.87. The van der Waals surface area contributed by atoms with Crippen LogP contribution < -0.4 is 4.57 Å². The Kier molecular flexibility index (Phi) is 4.19. The highest BCUT2D eigenvalue weighted by molar-refractivity contribution is 6.10. The first-order valence-electron chi connectivity index (χ1n) is 10.2. The number of aryl methyl sites for hydroxylation is 2. The third-order valence-electron chi connectivity index (χ3n) is 6.33. The summed E-state index contributed by atoms with van der Waals surface area (Å²) in [5.74, 6) is 0.136. The van der Waals surface area contributed by atoms with Gasteiger partial charge in [-0.15, -0.1) is 0 Å². The number of hydrogen-bond donors (Lipinski definition) is 0. The molecule has 1 saturated carbocycles. The van der Waals surface area contributed by atoms with E-state index in [1.165, 1.54) is 19.3 Å². The molecule has 2 heterocycles. The number of benzene rings is 2. The number of hydrogen-bond acceptors (Lipinski definition) is 1. The first-order chi connectivity index (χ1) is 13.6. The van der Waals surface area contributed by atoms with E-state index in [9.17, 15) is 4.39 Å². The fraction of sp³-hybridized carbons (Fsp3) is 0.320. The summed E-state index contributed by atoms with van der Waals surface area (Å²) >= 11 is 0. The lowest BCUT2D eigenvalue weighted by molar-refractivity contribution is -0.660. The second kappa shape index (κ2) is 6.73. The molecule has 28 heavy (non-hydrogen) atoms. The van der Waals surface area contributed by atoms with Crippen molar-refractivity contribution in [1.82, 2.24) is 0 Å². The van der Waals surface area contributed by atoms with Gasteiger partial charge in [-0.1, -0.05) is 31.4 Å². The molecular formula is C25H25FNO+. The lowest BCUT2D eigenvalue weighted by atomic mass is 9.83. The number of pyridine rings is 1. The van der Waals surface area contributed by atoms with Crippen LogP contribution in [0.15, 0.2) is 53.1 Å². The topological polar surface area (TPSA) is 17.0 Å². The Balaban J connectivity index is 1.83. The molecule has 0 atom stereocenters. The number of rotatable bonds is 2. The van der Waals surface area contributed by atoms with Crippen molar-refractivity contribution in [3.05, 3.63) is 65.6 Å². The monoisotopic (exact) mass is 374 g/mol. The summed E-state index contributed by atoms with van der Waals surface area (Å²) in [6.07, 6.45) is 7.74. The third kappa shape index (κ3) is 2.64. The van der Waals surface area contributed by atoms with Crippen molar-refractivity contribution in [3.63, 3.8) is 0 Å². The average Bonchev–Trinajstić information content (AvgIpc) is 3.07. The van der Waals surface area contributed by atoms with Gasteiger partial charge in [0.15, 0.2) is 6.20 Å². The molecule has 5 rings (SSSR count). The Bertz CT molecular complexity index is 1180. The first kappa shape index (κ1) is 17.4. The van der Waals surface area contributed by atoms with Crippen LogP contribution in [0.3, 0.4) is 0 Å². The summed E-state index contributed by atoms with van der Waals surface area (Å²) in [6.45, 7) is 2.11. The molecule has 1 fully saturated rings. The Morgan fingerprint density at radius 1 is 0.929 bits per heavy atom. The number of furan rings is 1. The molecule has 4 aromatic rings. The largest absolute Gasteiger partial charge is 0.455 e.